The van der Waals surface area contributed by atoms with Gasteiger partial charge in [-0.2, -0.15) is 0 Å². The van der Waals surface area contributed by atoms with Crippen LogP contribution in [0.5, 0.6) is 5.75 Å². The molecule has 0 atom stereocenters. The first kappa shape index (κ1) is 11.5. The first-order valence-corrected chi connectivity index (χ1v) is 4.90. The van der Waals surface area contributed by atoms with Gasteiger partial charge < -0.3 is 15.8 Å². The molecule has 3 N–H and O–H groups in total. The number of hydrogen-bond donors (Lipinski definition) is 2. The van der Waals surface area contributed by atoms with Crippen molar-refractivity contribution >= 4 is 29.0 Å². The van der Waals surface area contributed by atoms with Crippen LogP contribution in [0, 0.1) is 0 Å². The third kappa shape index (κ3) is 3.95. The molecule has 0 bridgehead atoms. The van der Waals surface area contributed by atoms with E-state index in [9.17, 15) is 4.79 Å². The number of rotatable bonds is 3. The van der Waals surface area contributed by atoms with Crippen LogP contribution in [0.1, 0.15) is 13.3 Å². The Labute approximate surface area is 93.4 Å². The number of anilines is 1. The van der Waals surface area contributed by atoms with Gasteiger partial charge in [0.1, 0.15) is 5.75 Å². The number of hydrogen-bond acceptors (Lipinski definition) is 3. The van der Waals surface area contributed by atoms with E-state index in [2.05, 4.69) is 17.5 Å². The van der Waals surface area contributed by atoms with Gasteiger partial charge in [-0.3, -0.25) is 4.79 Å². The lowest BCUT2D eigenvalue weighted by Gasteiger charge is -2.05. The van der Waals surface area contributed by atoms with Crippen molar-refractivity contribution in [2.24, 2.45) is 5.73 Å². The van der Waals surface area contributed by atoms with Gasteiger partial charge in [-0.1, -0.05) is 6.92 Å². The van der Waals surface area contributed by atoms with Crippen molar-refractivity contribution in [3.63, 3.8) is 0 Å². The molecule has 0 saturated heterocycles. The highest BCUT2D eigenvalue weighted by atomic mass is 32.1. The largest absolute Gasteiger partial charge is 0.427 e. The van der Waals surface area contributed by atoms with Crippen molar-refractivity contribution in [1.82, 2.24) is 0 Å². The predicted molar refractivity (Wildman–Crippen MR) is 62.8 cm³/mol. The van der Waals surface area contributed by atoms with Crippen LogP contribution in [-0.2, 0) is 4.79 Å². The second kappa shape index (κ2) is 5.31. The molecule has 0 fully saturated rings. The van der Waals surface area contributed by atoms with E-state index in [0.29, 0.717) is 12.2 Å². The summed E-state index contributed by atoms with van der Waals surface area (Å²) < 4.78 is 4.99. The first-order chi connectivity index (χ1) is 7.11. The zero-order valence-electron chi connectivity index (χ0n) is 8.32. The van der Waals surface area contributed by atoms with Crippen LogP contribution in [-0.4, -0.2) is 11.1 Å². The molecule has 0 aliphatic rings. The van der Waals surface area contributed by atoms with Gasteiger partial charge in [0.25, 0.3) is 0 Å². The molecule has 0 saturated carbocycles. The van der Waals surface area contributed by atoms with Crippen LogP contribution >= 0.6 is 12.2 Å². The van der Waals surface area contributed by atoms with E-state index in [1.807, 2.05) is 0 Å². The van der Waals surface area contributed by atoms with E-state index < -0.39 is 0 Å². The minimum Gasteiger partial charge on any atom is -0.427 e. The van der Waals surface area contributed by atoms with Crippen molar-refractivity contribution in [3.8, 4) is 5.75 Å². The lowest BCUT2D eigenvalue weighted by molar-refractivity contribution is -0.134. The Bertz CT molecular complexity index is 362. The van der Waals surface area contributed by atoms with Gasteiger partial charge in [0.2, 0.25) is 0 Å². The van der Waals surface area contributed by atoms with Crippen molar-refractivity contribution in [1.29, 1.82) is 0 Å². The van der Waals surface area contributed by atoms with Gasteiger partial charge in [0.15, 0.2) is 5.11 Å². The standard InChI is InChI=1S/C10H12N2O2S/c1-2-9(13)14-8-5-3-7(4-6-8)12-10(11)15/h3-6H,2H2,1H3,(H3,11,12,15). The molecule has 0 radical (unpaired) electrons. The van der Waals surface area contributed by atoms with Gasteiger partial charge in [0.05, 0.1) is 0 Å². The van der Waals surface area contributed by atoms with E-state index in [0.717, 1.165) is 5.69 Å². The van der Waals surface area contributed by atoms with Crippen LogP contribution in [0.2, 0.25) is 0 Å². The fourth-order valence-electron chi connectivity index (χ4n) is 0.952. The van der Waals surface area contributed by atoms with E-state index in [4.69, 9.17) is 10.5 Å². The molecule has 0 amide bonds. The molecule has 0 aliphatic carbocycles. The lowest BCUT2D eigenvalue weighted by atomic mass is 10.3. The molecule has 1 rings (SSSR count). The molecular weight excluding hydrogens is 212 g/mol. The molecule has 0 spiro atoms. The Morgan fingerprint density at radius 1 is 1.47 bits per heavy atom. The lowest BCUT2D eigenvalue weighted by Crippen LogP contribution is -2.18. The van der Waals surface area contributed by atoms with Crippen LogP contribution in [0.15, 0.2) is 24.3 Å². The number of esters is 1. The topological polar surface area (TPSA) is 64.3 Å². The maximum Gasteiger partial charge on any atom is 0.310 e. The van der Waals surface area contributed by atoms with Crippen molar-refractivity contribution in [3.05, 3.63) is 24.3 Å². The summed E-state index contributed by atoms with van der Waals surface area (Å²) in [5.74, 6) is 0.250. The Morgan fingerprint density at radius 2 is 2.07 bits per heavy atom. The summed E-state index contributed by atoms with van der Waals surface area (Å²) in [5.41, 5.74) is 6.06. The fraction of sp³-hybridized carbons (Fsp3) is 0.200. The van der Waals surface area contributed by atoms with Crippen LogP contribution in [0.3, 0.4) is 0 Å². The van der Waals surface area contributed by atoms with Crippen molar-refractivity contribution in [2.75, 3.05) is 5.32 Å². The Morgan fingerprint density at radius 3 is 2.53 bits per heavy atom. The Balaban J connectivity index is 2.64. The number of benzene rings is 1. The average Bonchev–Trinajstić information content (AvgIpc) is 2.20. The Kier molecular flexibility index (Phi) is 4.05. The van der Waals surface area contributed by atoms with Crippen LogP contribution in [0.4, 0.5) is 5.69 Å². The molecule has 0 unspecified atom stereocenters. The molecule has 5 heteroatoms. The molecule has 15 heavy (non-hydrogen) atoms. The molecule has 0 heterocycles. The summed E-state index contributed by atoms with van der Waals surface area (Å²) in [6.45, 7) is 1.74. The summed E-state index contributed by atoms with van der Waals surface area (Å²) >= 11 is 4.68. The van der Waals surface area contributed by atoms with Gasteiger partial charge in [-0.15, -0.1) is 0 Å². The zero-order chi connectivity index (χ0) is 11.3. The van der Waals surface area contributed by atoms with Gasteiger partial charge in [-0.05, 0) is 36.5 Å². The van der Waals surface area contributed by atoms with Gasteiger partial charge in [0, 0.05) is 12.1 Å². The number of ether oxygens (including phenoxy) is 1. The maximum atomic E-state index is 11.0. The molecule has 1 aromatic carbocycles. The summed E-state index contributed by atoms with van der Waals surface area (Å²) in [7, 11) is 0. The van der Waals surface area contributed by atoms with Crippen molar-refractivity contribution in [2.45, 2.75) is 13.3 Å². The monoisotopic (exact) mass is 224 g/mol. The highest BCUT2D eigenvalue weighted by Crippen LogP contribution is 2.15. The molecule has 80 valence electrons. The normalized spacial score (nSPS) is 9.40. The van der Waals surface area contributed by atoms with Crippen LogP contribution < -0.4 is 15.8 Å². The number of carbonyl (C=O) groups is 1. The third-order valence-electron chi connectivity index (χ3n) is 1.64. The zero-order valence-corrected chi connectivity index (χ0v) is 9.14. The molecular formula is C10H12N2O2S. The predicted octanol–water partition coefficient (Wildman–Crippen LogP) is 1.66. The van der Waals surface area contributed by atoms with Crippen LogP contribution in [0.25, 0.3) is 0 Å². The molecule has 0 aliphatic heterocycles. The molecule has 1 aromatic rings. The number of nitrogens with two attached hydrogens (primary N) is 1. The quantitative estimate of drug-likeness (QED) is 0.464. The number of carbonyl (C=O) groups excluding carboxylic acids is 1. The van der Waals surface area contributed by atoms with E-state index in [1.165, 1.54) is 0 Å². The summed E-state index contributed by atoms with van der Waals surface area (Å²) in [5, 5.41) is 2.97. The number of nitrogens with one attached hydrogen (secondary N) is 1. The first-order valence-electron chi connectivity index (χ1n) is 4.49. The summed E-state index contributed by atoms with van der Waals surface area (Å²) in [6.07, 6.45) is 0.354. The summed E-state index contributed by atoms with van der Waals surface area (Å²) in [6, 6.07) is 6.82. The Hall–Kier alpha value is -1.62. The van der Waals surface area contributed by atoms with E-state index >= 15 is 0 Å². The highest BCUT2D eigenvalue weighted by molar-refractivity contribution is 7.80. The van der Waals surface area contributed by atoms with E-state index in [-0.39, 0.29) is 11.1 Å². The second-order valence-electron chi connectivity index (χ2n) is 2.84. The molecule has 0 aromatic heterocycles. The molecule has 4 nitrogen and oxygen atoms in total. The minimum atomic E-state index is -0.259. The highest BCUT2D eigenvalue weighted by Gasteiger charge is 2.01. The SMILES string of the molecule is CCC(=O)Oc1ccc(NC(N)=S)cc1. The minimum absolute atomic E-state index is 0.202. The maximum absolute atomic E-state index is 11.0. The number of thiocarbonyl (C=S) groups is 1. The van der Waals surface area contributed by atoms with Crippen molar-refractivity contribution < 1.29 is 9.53 Å². The third-order valence-corrected chi connectivity index (χ3v) is 1.74. The second-order valence-corrected chi connectivity index (χ2v) is 3.28. The smallest absolute Gasteiger partial charge is 0.310 e. The fourth-order valence-corrected chi connectivity index (χ4v) is 1.07. The van der Waals surface area contributed by atoms with E-state index in [1.54, 1.807) is 31.2 Å². The van der Waals surface area contributed by atoms with Gasteiger partial charge in [-0.25, -0.2) is 0 Å². The average molecular weight is 224 g/mol. The summed E-state index contributed by atoms with van der Waals surface area (Å²) in [4.78, 5) is 11.0. The van der Waals surface area contributed by atoms with Gasteiger partial charge >= 0.3 is 5.97 Å².